The van der Waals surface area contributed by atoms with Crippen LogP contribution in [0.25, 0.3) is 75.5 Å². The van der Waals surface area contributed by atoms with Gasteiger partial charge in [0.15, 0.2) is 0 Å². The Balaban J connectivity index is 0.865. The topological polar surface area (TPSA) is 16.4 Å². The van der Waals surface area contributed by atoms with Gasteiger partial charge in [0.2, 0.25) is 0 Å². The maximum atomic E-state index is 6.40. The lowest BCUT2D eigenvalue weighted by Crippen LogP contribution is -2.28. The monoisotopic (exact) mass is 833 g/mol. The van der Waals surface area contributed by atoms with Crippen molar-refractivity contribution in [1.29, 1.82) is 0 Å². The highest BCUT2D eigenvalue weighted by Crippen LogP contribution is 2.56. The molecular weight excluding hydrogens is 795 g/mol. The molecule has 300 valence electrons. The fourth-order valence-corrected chi connectivity index (χ4v) is 11.6. The maximum absolute atomic E-state index is 6.40. The zero-order chi connectivity index (χ0) is 42.2. The molecule has 0 saturated heterocycles. The van der Waals surface area contributed by atoms with E-state index in [2.05, 4.69) is 229 Å². The number of hydrogen-bond donors (Lipinski definition) is 0. The molecule has 2 nitrogen and oxygen atoms in total. The molecule has 3 heteroatoms. The van der Waals surface area contributed by atoms with Crippen LogP contribution in [0.5, 0.6) is 0 Å². The van der Waals surface area contributed by atoms with Crippen LogP contribution in [0.2, 0.25) is 0 Å². The van der Waals surface area contributed by atoms with Crippen LogP contribution in [0.3, 0.4) is 0 Å². The lowest BCUT2D eigenvalue weighted by molar-refractivity contribution is 0.669. The summed E-state index contributed by atoms with van der Waals surface area (Å²) in [5.41, 5.74) is 17.1. The SMILES string of the molecule is c1ccc(C2(c3cccc(-c4ccc(-c5ccc(N(c6ccc7c(c6)oc6ccccc67)c6ccc7c(c6)sc6ccccc67)cc5)cc4)c3)c3ccccc3-c3ccccc32)cc1. The molecule has 2 aromatic heterocycles. The first-order valence-electron chi connectivity index (χ1n) is 21.9. The zero-order valence-corrected chi connectivity index (χ0v) is 35.6. The van der Waals surface area contributed by atoms with E-state index in [4.69, 9.17) is 4.42 Å². The summed E-state index contributed by atoms with van der Waals surface area (Å²) in [5.74, 6) is 0. The number of thiophene rings is 1. The van der Waals surface area contributed by atoms with E-state index in [-0.39, 0.29) is 0 Å². The van der Waals surface area contributed by atoms with Gasteiger partial charge in [0.05, 0.1) is 5.41 Å². The standard InChI is InChI=1S/C61H39NOS/c1-2-14-44(15-3-1)61(55-21-8-4-17-49(55)50-18-5-9-22-56(50)61)45-16-12-13-43(37-45)42-27-25-40(26-28-42)41-29-31-46(32-30-41)62(47-33-35-52-51-19-6-10-23-57(51)63-58(52)38-47)48-34-36-54-53-20-7-11-24-59(53)64-60(54)39-48/h1-39H. The maximum Gasteiger partial charge on any atom is 0.137 e. The van der Waals surface area contributed by atoms with E-state index in [1.807, 2.05) is 23.5 Å². The van der Waals surface area contributed by atoms with Crippen molar-refractivity contribution in [3.05, 3.63) is 259 Å². The summed E-state index contributed by atoms with van der Waals surface area (Å²) in [7, 11) is 0. The van der Waals surface area contributed by atoms with Gasteiger partial charge in [-0.3, -0.25) is 0 Å². The van der Waals surface area contributed by atoms with Crippen molar-refractivity contribution >= 4 is 70.5 Å². The first kappa shape index (κ1) is 36.7. The van der Waals surface area contributed by atoms with E-state index in [9.17, 15) is 0 Å². The summed E-state index contributed by atoms with van der Waals surface area (Å²) < 4.78 is 8.97. The number of fused-ring (bicyclic) bond motifs is 9. The minimum Gasteiger partial charge on any atom is -0.456 e. The number of anilines is 3. The first-order valence-corrected chi connectivity index (χ1v) is 22.7. The average molecular weight is 834 g/mol. The Hall–Kier alpha value is -7.98. The molecule has 0 amide bonds. The molecule has 13 rings (SSSR count). The Morgan fingerprint density at radius 2 is 0.859 bits per heavy atom. The van der Waals surface area contributed by atoms with Gasteiger partial charge in [0.25, 0.3) is 0 Å². The number of nitrogens with zero attached hydrogens (tertiary/aromatic N) is 1. The van der Waals surface area contributed by atoms with Crippen molar-refractivity contribution in [2.45, 2.75) is 5.41 Å². The summed E-state index contributed by atoms with van der Waals surface area (Å²) in [6, 6.07) is 86.5. The average Bonchev–Trinajstić information content (AvgIpc) is 4.03. The third-order valence-electron chi connectivity index (χ3n) is 13.4. The quantitative estimate of drug-likeness (QED) is 0.159. The van der Waals surface area contributed by atoms with Crippen LogP contribution in [0.15, 0.2) is 241 Å². The molecule has 2 heterocycles. The van der Waals surface area contributed by atoms with E-state index in [0.29, 0.717) is 0 Å². The van der Waals surface area contributed by atoms with Crippen molar-refractivity contribution in [2.24, 2.45) is 0 Å². The van der Waals surface area contributed by atoms with Crippen molar-refractivity contribution < 1.29 is 4.42 Å². The molecule has 0 N–H and O–H groups in total. The van der Waals surface area contributed by atoms with E-state index in [1.54, 1.807) is 0 Å². The Labute approximate surface area is 375 Å². The highest BCUT2D eigenvalue weighted by molar-refractivity contribution is 7.25. The Bertz CT molecular complexity index is 3570. The van der Waals surface area contributed by atoms with Gasteiger partial charge in [0.1, 0.15) is 11.2 Å². The molecule has 0 spiro atoms. The summed E-state index contributed by atoms with van der Waals surface area (Å²) in [5, 5.41) is 4.84. The molecule has 0 atom stereocenters. The van der Waals surface area contributed by atoms with Crippen molar-refractivity contribution in [2.75, 3.05) is 4.90 Å². The third kappa shape index (κ3) is 5.64. The smallest absolute Gasteiger partial charge is 0.137 e. The molecule has 0 bridgehead atoms. The Morgan fingerprint density at radius 3 is 1.61 bits per heavy atom. The molecule has 64 heavy (non-hydrogen) atoms. The first-order chi connectivity index (χ1) is 31.7. The van der Waals surface area contributed by atoms with Crippen LogP contribution < -0.4 is 4.90 Å². The molecule has 0 fully saturated rings. The van der Waals surface area contributed by atoms with Gasteiger partial charge in [-0.1, -0.05) is 176 Å². The fraction of sp³-hybridized carbons (Fsp3) is 0.0164. The predicted molar refractivity (Wildman–Crippen MR) is 269 cm³/mol. The minimum atomic E-state index is -0.429. The summed E-state index contributed by atoms with van der Waals surface area (Å²) in [6.45, 7) is 0. The van der Waals surface area contributed by atoms with Crippen LogP contribution in [0.4, 0.5) is 17.1 Å². The van der Waals surface area contributed by atoms with E-state index in [0.717, 1.165) is 39.0 Å². The van der Waals surface area contributed by atoms with Gasteiger partial charge in [-0.25, -0.2) is 0 Å². The number of furan rings is 1. The van der Waals surface area contributed by atoms with Crippen LogP contribution in [-0.4, -0.2) is 0 Å². The van der Waals surface area contributed by atoms with Gasteiger partial charge < -0.3 is 9.32 Å². The molecule has 0 unspecified atom stereocenters. The predicted octanol–water partition coefficient (Wildman–Crippen LogP) is 17.1. The summed E-state index contributed by atoms with van der Waals surface area (Å²) >= 11 is 1.84. The van der Waals surface area contributed by atoms with Crippen LogP contribution in [0, 0.1) is 0 Å². The summed E-state index contributed by atoms with van der Waals surface area (Å²) in [4.78, 5) is 2.35. The van der Waals surface area contributed by atoms with Gasteiger partial charge in [-0.2, -0.15) is 0 Å². The third-order valence-corrected chi connectivity index (χ3v) is 14.5. The van der Waals surface area contributed by atoms with Gasteiger partial charge in [0, 0.05) is 54.1 Å². The number of para-hydroxylation sites is 1. The summed E-state index contributed by atoms with van der Waals surface area (Å²) in [6.07, 6.45) is 0. The van der Waals surface area contributed by atoms with Gasteiger partial charge >= 0.3 is 0 Å². The largest absolute Gasteiger partial charge is 0.456 e. The molecule has 0 aliphatic heterocycles. The Kier molecular flexibility index (Phi) is 8.34. The Morgan fingerprint density at radius 1 is 0.328 bits per heavy atom. The molecule has 0 radical (unpaired) electrons. The highest BCUT2D eigenvalue weighted by atomic mass is 32.1. The minimum absolute atomic E-state index is 0.429. The lowest BCUT2D eigenvalue weighted by atomic mass is 9.67. The van der Waals surface area contributed by atoms with Crippen LogP contribution in [0.1, 0.15) is 22.3 Å². The lowest BCUT2D eigenvalue weighted by Gasteiger charge is -2.34. The number of hydrogen-bond acceptors (Lipinski definition) is 3. The number of rotatable bonds is 7. The second-order valence-electron chi connectivity index (χ2n) is 16.8. The van der Waals surface area contributed by atoms with Crippen LogP contribution >= 0.6 is 11.3 Å². The van der Waals surface area contributed by atoms with Gasteiger partial charge in [-0.15, -0.1) is 11.3 Å². The molecular formula is C61H39NOS. The zero-order valence-electron chi connectivity index (χ0n) is 34.8. The molecule has 0 saturated carbocycles. The second-order valence-corrected chi connectivity index (χ2v) is 17.9. The number of benzene rings is 10. The van der Waals surface area contributed by atoms with E-state index < -0.39 is 5.41 Å². The highest BCUT2D eigenvalue weighted by Gasteiger charge is 2.45. The second kappa shape index (κ2) is 14.6. The normalized spacial score (nSPS) is 12.8. The van der Waals surface area contributed by atoms with Crippen molar-refractivity contribution in [3.8, 4) is 33.4 Å². The van der Waals surface area contributed by atoms with Crippen molar-refractivity contribution in [1.82, 2.24) is 0 Å². The van der Waals surface area contributed by atoms with E-state index >= 15 is 0 Å². The van der Waals surface area contributed by atoms with E-state index in [1.165, 1.54) is 75.8 Å². The van der Waals surface area contributed by atoms with Gasteiger partial charge in [-0.05, 0) is 110 Å². The fourth-order valence-electron chi connectivity index (χ4n) is 10.5. The molecule has 1 aliphatic rings. The van der Waals surface area contributed by atoms with Crippen LogP contribution in [-0.2, 0) is 5.41 Å². The molecule has 1 aliphatic carbocycles. The molecule has 12 aromatic rings. The molecule has 10 aromatic carbocycles. The van der Waals surface area contributed by atoms with Crippen molar-refractivity contribution in [3.63, 3.8) is 0 Å².